The SMILES string of the molecule is CC(C)c1ccc2c(c1)C1CCC2N1C(C)C. The van der Waals surface area contributed by atoms with Crippen LogP contribution >= 0.6 is 0 Å². The lowest BCUT2D eigenvalue weighted by Crippen LogP contribution is -2.27. The van der Waals surface area contributed by atoms with Gasteiger partial charge in [-0.15, -0.1) is 0 Å². The van der Waals surface area contributed by atoms with Crippen molar-refractivity contribution < 1.29 is 0 Å². The second-order valence-corrected chi connectivity index (χ2v) is 6.19. The Hall–Kier alpha value is -0.820. The lowest BCUT2D eigenvalue weighted by atomic mass is 9.88. The summed E-state index contributed by atoms with van der Waals surface area (Å²) in [6.45, 7) is 9.24. The van der Waals surface area contributed by atoms with Gasteiger partial charge in [0.25, 0.3) is 0 Å². The van der Waals surface area contributed by atoms with Crippen LogP contribution in [0.25, 0.3) is 0 Å². The van der Waals surface area contributed by atoms with Crippen molar-refractivity contribution in [2.45, 2.75) is 64.6 Å². The first kappa shape index (κ1) is 11.3. The van der Waals surface area contributed by atoms with Crippen molar-refractivity contribution in [2.75, 3.05) is 0 Å². The van der Waals surface area contributed by atoms with Gasteiger partial charge in [-0.2, -0.15) is 0 Å². The number of nitrogens with zero attached hydrogens (tertiary/aromatic N) is 1. The summed E-state index contributed by atoms with van der Waals surface area (Å²) < 4.78 is 0. The second-order valence-electron chi connectivity index (χ2n) is 6.19. The zero-order valence-electron chi connectivity index (χ0n) is 11.4. The first-order chi connectivity index (χ1) is 8.09. The fourth-order valence-corrected chi connectivity index (χ4v) is 3.73. The molecule has 0 radical (unpaired) electrons. The monoisotopic (exact) mass is 229 g/mol. The largest absolute Gasteiger partial charge is 0.287 e. The van der Waals surface area contributed by atoms with Crippen molar-refractivity contribution in [3.05, 3.63) is 34.9 Å². The minimum atomic E-state index is 0.645. The lowest BCUT2D eigenvalue weighted by Gasteiger charge is -2.26. The highest BCUT2D eigenvalue weighted by molar-refractivity contribution is 5.43. The van der Waals surface area contributed by atoms with Gasteiger partial charge >= 0.3 is 0 Å². The fourth-order valence-electron chi connectivity index (χ4n) is 3.73. The molecule has 0 N–H and O–H groups in total. The molecule has 1 aromatic carbocycles. The predicted molar refractivity (Wildman–Crippen MR) is 72.2 cm³/mol. The normalized spacial score (nSPS) is 27.2. The topological polar surface area (TPSA) is 3.24 Å². The summed E-state index contributed by atoms with van der Waals surface area (Å²) >= 11 is 0. The van der Waals surface area contributed by atoms with Gasteiger partial charge in [0.2, 0.25) is 0 Å². The highest BCUT2D eigenvalue weighted by Gasteiger charge is 2.44. The molecule has 2 bridgehead atoms. The Morgan fingerprint density at radius 2 is 1.65 bits per heavy atom. The standard InChI is InChI=1S/C16H23N/c1-10(2)12-5-6-13-14(9-12)16-8-7-15(13)17(16)11(3)4/h5-6,9-11,15-16H,7-8H2,1-4H3. The van der Waals surface area contributed by atoms with Crippen LogP contribution < -0.4 is 0 Å². The minimum Gasteiger partial charge on any atom is -0.287 e. The van der Waals surface area contributed by atoms with Crippen LogP contribution in [0.4, 0.5) is 0 Å². The molecule has 0 saturated carbocycles. The highest BCUT2D eigenvalue weighted by Crippen LogP contribution is 2.54. The van der Waals surface area contributed by atoms with Gasteiger partial charge in [-0.1, -0.05) is 32.0 Å². The van der Waals surface area contributed by atoms with E-state index in [-0.39, 0.29) is 0 Å². The van der Waals surface area contributed by atoms with Crippen molar-refractivity contribution in [2.24, 2.45) is 0 Å². The first-order valence-electron chi connectivity index (χ1n) is 7.00. The van der Waals surface area contributed by atoms with Crippen LogP contribution in [0, 0.1) is 0 Å². The molecule has 2 aliphatic rings. The lowest BCUT2D eigenvalue weighted by molar-refractivity contribution is 0.174. The van der Waals surface area contributed by atoms with Crippen LogP contribution in [0.3, 0.4) is 0 Å². The van der Waals surface area contributed by atoms with Crippen LogP contribution in [0.1, 0.15) is 75.2 Å². The summed E-state index contributed by atoms with van der Waals surface area (Å²) in [4.78, 5) is 2.72. The van der Waals surface area contributed by atoms with Crippen LogP contribution in [0.15, 0.2) is 18.2 Å². The third-order valence-electron chi connectivity index (χ3n) is 4.53. The van der Waals surface area contributed by atoms with Crippen LogP contribution in [-0.2, 0) is 0 Å². The Morgan fingerprint density at radius 3 is 2.24 bits per heavy atom. The van der Waals surface area contributed by atoms with Crippen molar-refractivity contribution in [1.29, 1.82) is 0 Å². The van der Waals surface area contributed by atoms with Crippen molar-refractivity contribution in [3.8, 4) is 0 Å². The fraction of sp³-hybridized carbons (Fsp3) is 0.625. The quantitative estimate of drug-likeness (QED) is 0.726. The van der Waals surface area contributed by atoms with Crippen LogP contribution in [-0.4, -0.2) is 10.9 Å². The van der Waals surface area contributed by atoms with E-state index in [4.69, 9.17) is 0 Å². The van der Waals surface area contributed by atoms with E-state index in [0.29, 0.717) is 24.0 Å². The minimum absolute atomic E-state index is 0.645. The molecule has 0 spiro atoms. The third-order valence-corrected chi connectivity index (χ3v) is 4.53. The smallest absolute Gasteiger partial charge is 0.0361 e. The third kappa shape index (κ3) is 1.55. The molecule has 17 heavy (non-hydrogen) atoms. The van der Waals surface area contributed by atoms with E-state index in [1.165, 1.54) is 18.4 Å². The molecule has 2 unspecified atom stereocenters. The molecule has 0 aliphatic carbocycles. The van der Waals surface area contributed by atoms with E-state index >= 15 is 0 Å². The molecule has 1 saturated heterocycles. The Kier molecular flexibility index (Phi) is 2.55. The number of benzene rings is 1. The van der Waals surface area contributed by atoms with Gasteiger partial charge < -0.3 is 0 Å². The van der Waals surface area contributed by atoms with E-state index in [1.807, 2.05) is 0 Å². The number of hydrogen-bond acceptors (Lipinski definition) is 1. The Bertz CT molecular complexity index is 433. The molecule has 1 aromatic rings. The maximum atomic E-state index is 2.72. The van der Waals surface area contributed by atoms with Crippen molar-refractivity contribution in [3.63, 3.8) is 0 Å². The Morgan fingerprint density at radius 1 is 1.00 bits per heavy atom. The van der Waals surface area contributed by atoms with Gasteiger partial charge in [-0.25, -0.2) is 0 Å². The van der Waals surface area contributed by atoms with Crippen molar-refractivity contribution >= 4 is 0 Å². The molecule has 1 nitrogen and oxygen atoms in total. The Balaban J connectivity index is 2.03. The summed E-state index contributed by atoms with van der Waals surface area (Å²) in [5.41, 5.74) is 4.74. The van der Waals surface area contributed by atoms with E-state index in [1.54, 1.807) is 11.1 Å². The molecular formula is C16H23N. The molecule has 2 aliphatic heterocycles. The molecule has 2 heterocycles. The highest BCUT2D eigenvalue weighted by atomic mass is 15.3. The van der Waals surface area contributed by atoms with Crippen molar-refractivity contribution in [1.82, 2.24) is 4.90 Å². The van der Waals surface area contributed by atoms with Gasteiger partial charge in [-0.05, 0) is 49.3 Å². The summed E-state index contributed by atoms with van der Waals surface area (Å²) in [7, 11) is 0. The van der Waals surface area contributed by atoms with E-state index in [0.717, 1.165) is 0 Å². The first-order valence-corrected chi connectivity index (χ1v) is 7.00. The molecule has 1 heteroatoms. The summed E-state index contributed by atoms with van der Waals surface area (Å²) in [5.74, 6) is 0.645. The zero-order chi connectivity index (χ0) is 12.2. The molecule has 2 atom stereocenters. The van der Waals surface area contributed by atoms with Crippen LogP contribution in [0.5, 0.6) is 0 Å². The van der Waals surface area contributed by atoms with E-state index < -0.39 is 0 Å². The molecule has 0 amide bonds. The molecule has 3 rings (SSSR count). The number of hydrogen-bond donors (Lipinski definition) is 0. The van der Waals surface area contributed by atoms with E-state index in [9.17, 15) is 0 Å². The van der Waals surface area contributed by atoms with Gasteiger partial charge in [0, 0.05) is 18.1 Å². The van der Waals surface area contributed by atoms with Gasteiger partial charge in [0.15, 0.2) is 0 Å². The average Bonchev–Trinajstić information content (AvgIpc) is 2.84. The zero-order valence-corrected chi connectivity index (χ0v) is 11.4. The van der Waals surface area contributed by atoms with E-state index in [2.05, 4.69) is 50.8 Å². The molecule has 0 aromatic heterocycles. The molecule has 92 valence electrons. The summed E-state index contributed by atoms with van der Waals surface area (Å²) in [6, 6.07) is 9.28. The second kappa shape index (κ2) is 3.84. The summed E-state index contributed by atoms with van der Waals surface area (Å²) in [5, 5.41) is 0. The number of fused-ring (bicyclic) bond motifs is 5. The number of rotatable bonds is 2. The van der Waals surface area contributed by atoms with Gasteiger partial charge in [-0.3, -0.25) is 4.90 Å². The van der Waals surface area contributed by atoms with Crippen LogP contribution in [0.2, 0.25) is 0 Å². The average molecular weight is 229 g/mol. The Labute approximate surface area is 105 Å². The molecule has 1 fully saturated rings. The van der Waals surface area contributed by atoms with Gasteiger partial charge in [0.1, 0.15) is 0 Å². The van der Waals surface area contributed by atoms with Gasteiger partial charge in [0.05, 0.1) is 0 Å². The predicted octanol–water partition coefficient (Wildman–Crippen LogP) is 4.41. The molecular weight excluding hydrogens is 206 g/mol. The summed E-state index contributed by atoms with van der Waals surface area (Å²) in [6.07, 6.45) is 2.72. The maximum Gasteiger partial charge on any atom is 0.0361 e. The maximum absolute atomic E-state index is 2.72.